The second-order valence-electron chi connectivity index (χ2n) is 2.80. The van der Waals surface area contributed by atoms with Gasteiger partial charge < -0.3 is 14.9 Å². The summed E-state index contributed by atoms with van der Waals surface area (Å²) in [5.74, 6) is -3.87. The number of hydrogen-bond acceptors (Lipinski definition) is 4. The van der Waals surface area contributed by atoms with Crippen molar-refractivity contribution in [2.24, 2.45) is 0 Å². The number of pyridine rings is 1. The zero-order chi connectivity index (χ0) is 13.2. The lowest BCUT2D eigenvalue weighted by atomic mass is 10.2. The molecule has 0 bridgehead atoms. The molecule has 1 aromatic rings. The van der Waals surface area contributed by atoms with E-state index >= 15 is 0 Å². The first-order valence-corrected chi connectivity index (χ1v) is 4.56. The normalized spacial score (nSPS) is 11.3. The number of carbonyl (C=O) groups is 1. The molecule has 2 N–H and O–H groups in total. The van der Waals surface area contributed by atoms with Crippen molar-refractivity contribution in [1.29, 1.82) is 0 Å². The van der Waals surface area contributed by atoms with Crippen LogP contribution in [0.15, 0.2) is 6.07 Å². The molecule has 0 aliphatic carbocycles. The Hall–Kier alpha value is -1.70. The van der Waals surface area contributed by atoms with Gasteiger partial charge in [-0.15, -0.1) is 24.8 Å². The van der Waals surface area contributed by atoms with Crippen LogP contribution in [0.4, 0.5) is 13.2 Å². The molecule has 0 aromatic carbocycles. The number of ether oxygens (including phenoxy) is 1. The van der Waals surface area contributed by atoms with E-state index in [0.29, 0.717) is 6.07 Å². The molecule has 0 radical (unpaired) electrons. The lowest BCUT2D eigenvalue weighted by Crippen LogP contribution is -2.19. The molecule has 0 amide bonds. The van der Waals surface area contributed by atoms with E-state index in [2.05, 4.69) is 9.72 Å². The van der Waals surface area contributed by atoms with Gasteiger partial charge >= 0.3 is 12.3 Å². The number of aromatic carboxylic acids is 1. The topological polar surface area (TPSA) is 79.7 Å². The van der Waals surface area contributed by atoms with Crippen molar-refractivity contribution >= 4 is 17.6 Å². The quantitative estimate of drug-likeness (QED) is 0.823. The molecule has 0 saturated carbocycles. The summed E-state index contributed by atoms with van der Waals surface area (Å²) in [7, 11) is 0. The van der Waals surface area contributed by atoms with Gasteiger partial charge in [0.1, 0.15) is 0 Å². The first-order valence-electron chi connectivity index (χ1n) is 4.02. The van der Waals surface area contributed by atoms with Crippen molar-refractivity contribution in [3.63, 3.8) is 0 Å². The summed E-state index contributed by atoms with van der Waals surface area (Å²) >= 11 is 5.33. The molecular weight excluding hydrogens is 267 g/mol. The first-order chi connectivity index (χ1) is 7.74. The Balaban J connectivity index is 3.25. The molecule has 1 rings (SSSR count). The lowest BCUT2D eigenvalue weighted by molar-refractivity contribution is -0.276. The zero-order valence-electron chi connectivity index (χ0n) is 7.95. The maximum atomic E-state index is 11.9. The summed E-state index contributed by atoms with van der Waals surface area (Å²) in [6.07, 6.45) is -5.01. The van der Waals surface area contributed by atoms with Gasteiger partial charge in [-0.2, -0.15) is 0 Å². The average Bonchev–Trinajstić information content (AvgIpc) is 2.17. The smallest absolute Gasteiger partial charge is 0.505 e. The minimum absolute atomic E-state index is 0.224. The molecule has 17 heavy (non-hydrogen) atoms. The summed E-state index contributed by atoms with van der Waals surface area (Å²) in [6.45, 7) is 0. The third kappa shape index (κ3) is 3.38. The van der Waals surface area contributed by atoms with Crippen LogP contribution >= 0.6 is 11.6 Å². The Morgan fingerprint density at radius 2 is 2.12 bits per heavy atom. The van der Waals surface area contributed by atoms with E-state index in [-0.39, 0.29) is 11.4 Å². The van der Waals surface area contributed by atoms with Gasteiger partial charge in [-0.25, -0.2) is 9.78 Å². The van der Waals surface area contributed by atoms with Crippen molar-refractivity contribution in [3.05, 3.63) is 17.3 Å². The van der Waals surface area contributed by atoms with Gasteiger partial charge in [-0.05, 0) is 0 Å². The van der Waals surface area contributed by atoms with Crippen molar-refractivity contribution in [3.8, 4) is 11.6 Å². The van der Waals surface area contributed by atoms with Crippen molar-refractivity contribution < 1.29 is 32.9 Å². The lowest BCUT2D eigenvalue weighted by Gasteiger charge is -2.11. The number of alkyl halides is 4. The van der Waals surface area contributed by atoms with Crippen LogP contribution in [-0.2, 0) is 5.88 Å². The molecule has 0 saturated heterocycles. The van der Waals surface area contributed by atoms with E-state index in [0.717, 1.165) is 0 Å². The van der Waals surface area contributed by atoms with Gasteiger partial charge in [-0.1, -0.05) is 0 Å². The third-order valence-electron chi connectivity index (χ3n) is 1.62. The predicted molar refractivity (Wildman–Crippen MR) is 49.1 cm³/mol. The second kappa shape index (κ2) is 4.66. The van der Waals surface area contributed by atoms with Crippen LogP contribution in [0, 0.1) is 0 Å². The molecule has 1 heterocycles. The zero-order valence-corrected chi connectivity index (χ0v) is 8.71. The molecule has 0 atom stereocenters. The van der Waals surface area contributed by atoms with Gasteiger partial charge in [0, 0.05) is 11.6 Å². The summed E-state index contributed by atoms with van der Waals surface area (Å²) in [5, 5.41) is 17.9. The number of carboxylic acids is 1. The summed E-state index contributed by atoms with van der Waals surface area (Å²) in [5.41, 5.74) is -1.18. The Bertz CT molecular complexity index is 449. The molecule has 0 aliphatic heterocycles. The summed E-state index contributed by atoms with van der Waals surface area (Å²) in [4.78, 5) is 13.6. The molecule has 94 valence electrons. The number of carboxylic acid groups (broad SMARTS) is 1. The number of hydrogen-bond donors (Lipinski definition) is 2. The van der Waals surface area contributed by atoms with Gasteiger partial charge in [-0.3, -0.25) is 0 Å². The molecule has 0 fully saturated rings. The highest BCUT2D eigenvalue weighted by atomic mass is 35.5. The molecule has 9 heteroatoms. The highest BCUT2D eigenvalue weighted by Gasteiger charge is 2.33. The van der Waals surface area contributed by atoms with E-state index in [4.69, 9.17) is 16.7 Å². The summed E-state index contributed by atoms with van der Waals surface area (Å²) < 4.78 is 39.2. The molecule has 0 unspecified atom stereocenters. The number of halogens is 4. The van der Waals surface area contributed by atoms with Crippen molar-refractivity contribution in [2.75, 3.05) is 0 Å². The SMILES string of the molecule is O=C(O)c1nc(OC(F)(F)F)cc(CCl)c1O. The summed E-state index contributed by atoms with van der Waals surface area (Å²) in [6, 6.07) is 0.711. The number of rotatable bonds is 3. The number of aromatic nitrogens is 1. The van der Waals surface area contributed by atoms with Crippen LogP contribution in [-0.4, -0.2) is 27.5 Å². The number of aromatic hydroxyl groups is 1. The fraction of sp³-hybridized carbons (Fsp3) is 0.250. The number of nitrogens with zero attached hydrogens (tertiary/aromatic N) is 1. The van der Waals surface area contributed by atoms with Crippen molar-refractivity contribution in [1.82, 2.24) is 4.98 Å². The highest BCUT2D eigenvalue weighted by molar-refractivity contribution is 6.17. The first kappa shape index (κ1) is 13.4. The predicted octanol–water partition coefficient (Wildman–Crippen LogP) is 2.12. The second-order valence-corrected chi connectivity index (χ2v) is 3.07. The van der Waals surface area contributed by atoms with Gasteiger partial charge in [0.05, 0.1) is 5.88 Å². The van der Waals surface area contributed by atoms with Crippen LogP contribution in [0.25, 0.3) is 0 Å². The monoisotopic (exact) mass is 271 g/mol. The highest BCUT2D eigenvalue weighted by Crippen LogP contribution is 2.29. The average molecular weight is 272 g/mol. The molecule has 5 nitrogen and oxygen atoms in total. The third-order valence-corrected chi connectivity index (χ3v) is 1.90. The van der Waals surface area contributed by atoms with Gasteiger partial charge in [0.25, 0.3) is 0 Å². The molecule has 0 aliphatic rings. The standard InChI is InChI=1S/C8H5ClF3NO4/c9-2-3-1-4(17-8(10,11)12)13-5(6(3)14)7(15)16/h1,14H,2H2,(H,15,16). The molecule has 1 aromatic heterocycles. The molecule has 0 spiro atoms. The van der Waals surface area contributed by atoms with Crippen LogP contribution < -0.4 is 4.74 Å². The van der Waals surface area contributed by atoms with E-state index in [9.17, 15) is 23.1 Å². The minimum atomic E-state index is -5.01. The van der Waals surface area contributed by atoms with E-state index in [1.54, 1.807) is 0 Å². The van der Waals surface area contributed by atoms with E-state index in [1.807, 2.05) is 0 Å². The van der Waals surface area contributed by atoms with Crippen LogP contribution in [0.5, 0.6) is 11.6 Å². The fourth-order valence-corrected chi connectivity index (χ4v) is 1.19. The van der Waals surface area contributed by atoms with Crippen molar-refractivity contribution in [2.45, 2.75) is 12.2 Å². The van der Waals surface area contributed by atoms with E-state index in [1.165, 1.54) is 0 Å². The fourth-order valence-electron chi connectivity index (χ4n) is 0.987. The Morgan fingerprint density at radius 3 is 2.53 bits per heavy atom. The van der Waals surface area contributed by atoms with Gasteiger partial charge in [0.2, 0.25) is 5.88 Å². The molecular formula is C8H5ClF3NO4. The minimum Gasteiger partial charge on any atom is -0.505 e. The van der Waals surface area contributed by atoms with Gasteiger partial charge in [0.15, 0.2) is 11.4 Å². The Labute approximate surface area is 97.4 Å². The van der Waals surface area contributed by atoms with Crippen LogP contribution in [0.2, 0.25) is 0 Å². The maximum absolute atomic E-state index is 11.9. The van der Waals surface area contributed by atoms with Crippen LogP contribution in [0.1, 0.15) is 16.1 Å². The Morgan fingerprint density at radius 1 is 1.53 bits per heavy atom. The maximum Gasteiger partial charge on any atom is 0.574 e. The largest absolute Gasteiger partial charge is 0.574 e. The van der Waals surface area contributed by atoms with E-state index < -0.39 is 29.7 Å². The Kier molecular flexibility index (Phi) is 3.66. The van der Waals surface area contributed by atoms with Crippen LogP contribution in [0.3, 0.4) is 0 Å².